The highest BCUT2D eigenvalue weighted by Crippen LogP contribution is 2.35. The van der Waals surface area contributed by atoms with Gasteiger partial charge in [0.25, 0.3) is 0 Å². The Bertz CT molecular complexity index is 913. The van der Waals surface area contributed by atoms with Gasteiger partial charge >= 0.3 is 6.16 Å². The first-order valence-corrected chi connectivity index (χ1v) is 10.8. The van der Waals surface area contributed by atoms with Crippen molar-refractivity contribution in [2.24, 2.45) is 0 Å². The third-order valence-electron chi connectivity index (χ3n) is 4.20. The summed E-state index contributed by atoms with van der Waals surface area (Å²) >= 11 is 0. The third-order valence-corrected chi connectivity index (χ3v) is 6.40. The molecule has 0 saturated carbocycles. The summed E-state index contributed by atoms with van der Waals surface area (Å²) in [5.41, 5.74) is 1.23. The number of carbonyl (C=O) groups is 1. The lowest BCUT2D eigenvalue weighted by Gasteiger charge is -2.20. The molecular weight excluding hydrogens is 380 g/mol. The van der Waals surface area contributed by atoms with Gasteiger partial charge in [-0.25, -0.2) is 4.79 Å². The summed E-state index contributed by atoms with van der Waals surface area (Å²) in [5, 5.41) is 0. The Kier molecular flexibility index (Phi) is 6.33. The molecule has 29 heavy (non-hydrogen) atoms. The Morgan fingerprint density at radius 2 is 1.21 bits per heavy atom. The largest absolute Gasteiger partial charge is 0.514 e. The van der Waals surface area contributed by atoms with E-state index in [0.717, 1.165) is 11.1 Å². The summed E-state index contributed by atoms with van der Waals surface area (Å²) in [6, 6.07) is 25.2. The summed E-state index contributed by atoms with van der Waals surface area (Å²) in [5.74, 6) is 0.563. The first-order chi connectivity index (χ1) is 13.7. The van der Waals surface area contributed by atoms with E-state index in [9.17, 15) is 4.79 Å². The summed E-state index contributed by atoms with van der Waals surface area (Å²) in [4.78, 5) is 15.8. The molecular formula is C25H27O3S+. The molecule has 0 bridgehead atoms. The Morgan fingerprint density at radius 1 is 0.759 bits per heavy atom. The van der Waals surface area contributed by atoms with Crippen molar-refractivity contribution >= 4 is 17.1 Å². The van der Waals surface area contributed by atoms with Gasteiger partial charge in [0, 0.05) is 12.1 Å². The maximum absolute atomic E-state index is 12.2. The second-order valence-corrected chi connectivity index (χ2v) is 9.91. The van der Waals surface area contributed by atoms with Crippen molar-refractivity contribution in [3.8, 4) is 5.75 Å². The van der Waals surface area contributed by atoms with Gasteiger partial charge in [-0.05, 0) is 70.0 Å². The molecule has 0 atom stereocenters. The first kappa shape index (κ1) is 21.0. The minimum Gasteiger partial charge on any atom is -0.428 e. The number of ether oxygens (including phenoxy) is 2. The van der Waals surface area contributed by atoms with Crippen molar-refractivity contribution in [3.05, 3.63) is 83.9 Å². The zero-order valence-corrected chi connectivity index (χ0v) is 18.4. The van der Waals surface area contributed by atoms with Gasteiger partial charge in [0.05, 0.1) is 10.9 Å². The smallest absolute Gasteiger partial charge is 0.428 e. The number of rotatable bonds is 4. The van der Waals surface area contributed by atoms with Crippen LogP contribution in [-0.4, -0.2) is 11.8 Å². The average Bonchev–Trinajstić information content (AvgIpc) is 2.65. The molecule has 0 N–H and O–H groups in total. The molecule has 150 valence electrons. The number of aryl methyl sites for hydroxylation is 2. The van der Waals surface area contributed by atoms with Crippen molar-refractivity contribution < 1.29 is 14.3 Å². The number of carbonyl (C=O) groups excluding carboxylic acids is 1. The molecule has 0 aliphatic carbocycles. The first-order valence-electron chi connectivity index (χ1n) is 9.61. The maximum atomic E-state index is 12.2. The van der Waals surface area contributed by atoms with Crippen LogP contribution in [0.3, 0.4) is 0 Å². The van der Waals surface area contributed by atoms with Crippen molar-refractivity contribution in [1.29, 1.82) is 0 Å². The summed E-state index contributed by atoms with van der Waals surface area (Å²) in [6.07, 6.45) is -0.679. The molecule has 0 amide bonds. The average molecular weight is 408 g/mol. The molecule has 3 aromatic carbocycles. The molecule has 0 aromatic heterocycles. The Labute approximate surface area is 176 Å². The minimum absolute atomic E-state index is 0.244. The number of hydrogen-bond donors (Lipinski definition) is 0. The minimum atomic E-state index is -0.679. The van der Waals surface area contributed by atoms with E-state index in [1.165, 1.54) is 14.7 Å². The second kappa shape index (κ2) is 8.75. The quantitative estimate of drug-likeness (QED) is 0.274. The zero-order chi connectivity index (χ0) is 21.0. The maximum Gasteiger partial charge on any atom is 0.514 e. The fourth-order valence-corrected chi connectivity index (χ4v) is 5.33. The summed E-state index contributed by atoms with van der Waals surface area (Å²) < 4.78 is 10.8. The van der Waals surface area contributed by atoms with Crippen molar-refractivity contribution in [2.75, 3.05) is 0 Å². The van der Waals surface area contributed by atoms with Gasteiger partial charge in [-0.15, -0.1) is 0 Å². The lowest BCUT2D eigenvalue weighted by Crippen LogP contribution is -2.26. The molecule has 0 heterocycles. The van der Waals surface area contributed by atoms with E-state index in [0.29, 0.717) is 5.75 Å². The predicted molar refractivity (Wildman–Crippen MR) is 118 cm³/mol. The van der Waals surface area contributed by atoms with E-state index in [2.05, 4.69) is 60.7 Å². The molecule has 0 aliphatic heterocycles. The number of hydrogen-bond acceptors (Lipinski definition) is 3. The van der Waals surface area contributed by atoms with Crippen molar-refractivity contribution in [1.82, 2.24) is 0 Å². The normalized spacial score (nSPS) is 11.4. The molecule has 0 spiro atoms. The lowest BCUT2D eigenvalue weighted by atomic mass is 10.1. The van der Waals surface area contributed by atoms with Crippen LogP contribution in [0, 0.1) is 13.8 Å². The molecule has 0 unspecified atom stereocenters. The van der Waals surface area contributed by atoms with Crippen LogP contribution >= 0.6 is 0 Å². The highest BCUT2D eigenvalue weighted by atomic mass is 32.2. The second-order valence-electron chi connectivity index (χ2n) is 7.88. The van der Waals surface area contributed by atoms with Gasteiger partial charge < -0.3 is 9.47 Å². The van der Waals surface area contributed by atoms with Gasteiger partial charge in [0.15, 0.2) is 14.7 Å². The van der Waals surface area contributed by atoms with Crippen molar-refractivity contribution in [3.63, 3.8) is 0 Å². The van der Waals surface area contributed by atoms with Gasteiger partial charge in [-0.3, -0.25) is 0 Å². The molecule has 3 rings (SSSR count). The van der Waals surface area contributed by atoms with Crippen molar-refractivity contribution in [2.45, 2.75) is 54.9 Å². The van der Waals surface area contributed by atoms with Crippen LogP contribution in [0.1, 0.15) is 31.9 Å². The van der Waals surface area contributed by atoms with E-state index < -0.39 is 11.8 Å². The van der Waals surface area contributed by atoms with E-state index in [1.807, 2.05) is 46.8 Å². The highest BCUT2D eigenvalue weighted by Gasteiger charge is 2.30. The van der Waals surface area contributed by atoms with E-state index >= 15 is 0 Å². The van der Waals surface area contributed by atoms with Crippen LogP contribution in [-0.2, 0) is 15.6 Å². The van der Waals surface area contributed by atoms with Crippen LogP contribution in [0.25, 0.3) is 0 Å². The highest BCUT2D eigenvalue weighted by molar-refractivity contribution is 7.97. The van der Waals surface area contributed by atoms with Gasteiger partial charge in [-0.2, -0.15) is 0 Å². The zero-order valence-electron chi connectivity index (χ0n) is 17.6. The summed E-state index contributed by atoms with van der Waals surface area (Å²) in [7, 11) is -0.244. The molecule has 3 aromatic rings. The molecule has 4 heteroatoms. The van der Waals surface area contributed by atoms with Crippen LogP contribution in [0.2, 0.25) is 0 Å². The Hall–Kier alpha value is -2.72. The summed E-state index contributed by atoms with van der Waals surface area (Å²) in [6.45, 7) is 9.40. The standard InChI is InChI=1S/C25H27O3S/c1-18-16-22(17-19(2)23(18)27-24(26)28-25(3,4)5)29(20-12-8-6-9-13-20)21-14-10-7-11-15-21/h6-17H,1-5H3/q+1. The van der Waals surface area contributed by atoms with Gasteiger partial charge in [0.2, 0.25) is 0 Å². The van der Waals surface area contributed by atoms with Crippen LogP contribution < -0.4 is 4.74 Å². The van der Waals surface area contributed by atoms with Crippen LogP contribution in [0.4, 0.5) is 4.79 Å². The topological polar surface area (TPSA) is 35.5 Å². The number of benzene rings is 3. The third kappa shape index (κ3) is 5.42. The monoisotopic (exact) mass is 407 g/mol. The predicted octanol–water partition coefficient (Wildman–Crippen LogP) is 6.71. The molecule has 0 radical (unpaired) electrons. The van der Waals surface area contributed by atoms with Gasteiger partial charge in [0.1, 0.15) is 11.4 Å². The molecule has 3 nitrogen and oxygen atoms in total. The molecule has 0 saturated heterocycles. The SMILES string of the molecule is Cc1cc([S+](c2ccccc2)c2ccccc2)cc(C)c1OC(=O)OC(C)(C)C. The van der Waals surface area contributed by atoms with Crippen LogP contribution in [0.5, 0.6) is 5.75 Å². The Morgan fingerprint density at radius 3 is 1.62 bits per heavy atom. The fourth-order valence-electron chi connectivity index (χ4n) is 3.06. The van der Waals surface area contributed by atoms with E-state index in [4.69, 9.17) is 9.47 Å². The van der Waals surface area contributed by atoms with E-state index in [-0.39, 0.29) is 10.9 Å². The lowest BCUT2D eigenvalue weighted by molar-refractivity contribution is 0.0203. The molecule has 0 fully saturated rings. The molecule has 0 aliphatic rings. The van der Waals surface area contributed by atoms with E-state index in [1.54, 1.807) is 0 Å². The van der Waals surface area contributed by atoms with Gasteiger partial charge in [-0.1, -0.05) is 36.4 Å². The Balaban J connectivity index is 1.99. The fraction of sp³-hybridized carbons (Fsp3) is 0.240. The van der Waals surface area contributed by atoms with Crippen LogP contribution in [0.15, 0.2) is 87.5 Å².